The number of carbonyl (C=O) groups is 1. The van der Waals surface area contributed by atoms with Crippen molar-refractivity contribution in [3.05, 3.63) is 75.8 Å². The Morgan fingerprint density at radius 3 is 2.33 bits per heavy atom. The third-order valence-corrected chi connectivity index (χ3v) is 6.08. The van der Waals surface area contributed by atoms with Gasteiger partial charge in [0.25, 0.3) is 5.91 Å². The van der Waals surface area contributed by atoms with E-state index in [2.05, 4.69) is 10.1 Å². The summed E-state index contributed by atoms with van der Waals surface area (Å²) in [5, 5.41) is 12.1. The van der Waals surface area contributed by atoms with Gasteiger partial charge < -0.3 is 4.74 Å². The molecule has 7 nitrogen and oxygen atoms in total. The smallest absolute Gasteiger partial charge is 0.281 e. The lowest BCUT2D eigenvalue weighted by molar-refractivity contribution is -0.135. The molecule has 0 saturated heterocycles. The number of hydrogen-bond donors (Lipinski definition) is 0. The maximum absolute atomic E-state index is 13.4. The maximum atomic E-state index is 13.4. The van der Waals surface area contributed by atoms with Gasteiger partial charge in [0.2, 0.25) is 0 Å². The first-order chi connectivity index (χ1) is 15.6. The van der Waals surface area contributed by atoms with Crippen LogP contribution >= 0.6 is 34.8 Å². The van der Waals surface area contributed by atoms with Crippen LogP contribution in [0.4, 0.5) is 0 Å². The van der Waals surface area contributed by atoms with Crippen molar-refractivity contribution in [2.75, 3.05) is 6.61 Å². The summed E-state index contributed by atoms with van der Waals surface area (Å²) in [5.74, 6) is 0.200. The van der Waals surface area contributed by atoms with Gasteiger partial charge in [-0.05, 0) is 42.0 Å². The van der Waals surface area contributed by atoms with Gasteiger partial charge in [0.15, 0.2) is 6.61 Å². The summed E-state index contributed by atoms with van der Waals surface area (Å²) in [6.45, 7) is 5.89. The highest BCUT2D eigenvalue weighted by atomic mass is 35.5. The highest BCUT2D eigenvalue weighted by molar-refractivity contribution is 6.35. The standard InChI is InChI=1S/C23H22Cl3N5O2/c1-23(2,3)22-21(30-13-27-12-28-30)20(17-9-6-15(25)10-18(17)26)31(29-22)19(32)11-33-16-7-4-14(24)5-8-16/h4-10,12-13,20-21H,11H2,1-3H3. The average Bonchev–Trinajstić information content (AvgIpc) is 3.41. The predicted octanol–water partition coefficient (Wildman–Crippen LogP) is 5.84. The monoisotopic (exact) mass is 505 g/mol. The first kappa shape index (κ1) is 23.5. The summed E-state index contributed by atoms with van der Waals surface area (Å²) < 4.78 is 7.41. The zero-order valence-electron chi connectivity index (χ0n) is 18.2. The van der Waals surface area contributed by atoms with Gasteiger partial charge in [-0.2, -0.15) is 10.2 Å². The number of ether oxygens (including phenoxy) is 1. The summed E-state index contributed by atoms with van der Waals surface area (Å²) in [7, 11) is 0. The highest BCUT2D eigenvalue weighted by Crippen LogP contribution is 2.45. The summed E-state index contributed by atoms with van der Waals surface area (Å²) in [6.07, 6.45) is 3.07. The molecule has 0 radical (unpaired) electrons. The van der Waals surface area contributed by atoms with Crippen LogP contribution in [0.2, 0.25) is 15.1 Å². The average molecular weight is 507 g/mol. The molecule has 1 aliphatic heterocycles. The number of benzene rings is 2. The quantitative estimate of drug-likeness (QED) is 0.435. The third-order valence-electron chi connectivity index (χ3n) is 5.26. The normalized spacial score (nSPS) is 18.4. The van der Waals surface area contributed by atoms with Gasteiger partial charge in [-0.1, -0.05) is 61.6 Å². The van der Waals surface area contributed by atoms with Crippen LogP contribution in [-0.2, 0) is 4.79 Å². The Labute approximate surface area is 206 Å². The number of amides is 1. The molecule has 0 aliphatic carbocycles. The van der Waals surface area contributed by atoms with E-state index in [4.69, 9.17) is 44.6 Å². The lowest BCUT2D eigenvalue weighted by Crippen LogP contribution is -2.36. The largest absolute Gasteiger partial charge is 0.484 e. The summed E-state index contributed by atoms with van der Waals surface area (Å²) in [4.78, 5) is 17.5. The predicted molar refractivity (Wildman–Crippen MR) is 129 cm³/mol. The fourth-order valence-electron chi connectivity index (χ4n) is 3.74. The van der Waals surface area contributed by atoms with E-state index in [0.29, 0.717) is 26.4 Å². The second-order valence-corrected chi connectivity index (χ2v) is 9.93. The van der Waals surface area contributed by atoms with Gasteiger partial charge in [-0.3, -0.25) is 4.79 Å². The third kappa shape index (κ3) is 5.00. The number of aromatic nitrogens is 3. The fraction of sp³-hybridized carbons (Fsp3) is 0.304. The Morgan fingerprint density at radius 1 is 1.03 bits per heavy atom. The summed E-state index contributed by atoms with van der Waals surface area (Å²) in [6, 6.07) is 11.0. The maximum Gasteiger partial charge on any atom is 0.281 e. The second kappa shape index (κ2) is 9.33. The molecular formula is C23H22Cl3N5O2. The molecule has 1 amide bonds. The molecule has 1 aliphatic rings. The zero-order chi connectivity index (χ0) is 23.8. The van der Waals surface area contributed by atoms with Crippen molar-refractivity contribution in [2.45, 2.75) is 32.9 Å². The molecule has 0 bridgehead atoms. The number of nitrogens with zero attached hydrogens (tertiary/aromatic N) is 5. The highest BCUT2D eigenvalue weighted by Gasteiger charge is 2.47. The number of hydrogen-bond acceptors (Lipinski definition) is 5. The van der Waals surface area contributed by atoms with Gasteiger partial charge in [-0.25, -0.2) is 14.7 Å². The Hall–Kier alpha value is -2.61. The first-order valence-corrected chi connectivity index (χ1v) is 11.4. The van der Waals surface area contributed by atoms with Crippen LogP contribution in [0.1, 0.15) is 38.4 Å². The van der Waals surface area contributed by atoms with Crippen LogP contribution in [0.5, 0.6) is 5.75 Å². The van der Waals surface area contributed by atoms with Crippen LogP contribution in [0, 0.1) is 5.41 Å². The molecule has 1 aromatic heterocycles. The van der Waals surface area contributed by atoms with Gasteiger partial charge in [-0.15, -0.1) is 0 Å². The molecule has 0 N–H and O–H groups in total. The topological polar surface area (TPSA) is 72.6 Å². The Kier molecular flexibility index (Phi) is 6.66. The van der Waals surface area contributed by atoms with Gasteiger partial charge in [0.1, 0.15) is 30.5 Å². The van der Waals surface area contributed by atoms with Crippen LogP contribution in [0.15, 0.2) is 60.2 Å². The lowest BCUT2D eigenvalue weighted by Gasteiger charge is -2.30. The minimum atomic E-state index is -0.563. The number of carbonyl (C=O) groups excluding carboxylic acids is 1. The first-order valence-electron chi connectivity index (χ1n) is 10.2. The summed E-state index contributed by atoms with van der Waals surface area (Å²) >= 11 is 18.7. The zero-order valence-corrected chi connectivity index (χ0v) is 20.5. The van der Waals surface area contributed by atoms with E-state index in [0.717, 1.165) is 5.71 Å². The number of hydrazone groups is 1. The molecule has 2 unspecified atom stereocenters. The molecule has 0 fully saturated rings. The molecule has 10 heteroatoms. The van der Waals surface area contributed by atoms with E-state index < -0.39 is 12.1 Å². The van der Waals surface area contributed by atoms with Gasteiger partial charge >= 0.3 is 0 Å². The Balaban J connectivity index is 1.73. The van der Waals surface area contributed by atoms with Gasteiger partial charge in [0.05, 0.1) is 5.71 Å². The lowest BCUT2D eigenvalue weighted by atomic mass is 9.82. The van der Waals surface area contributed by atoms with Crippen LogP contribution in [0.25, 0.3) is 0 Å². The molecule has 2 atom stereocenters. The molecule has 33 heavy (non-hydrogen) atoms. The van der Waals surface area contributed by atoms with Crippen molar-refractivity contribution in [2.24, 2.45) is 10.5 Å². The number of rotatable bonds is 5. The minimum Gasteiger partial charge on any atom is -0.484 e. The Bertz CT molecular complexity index is 1170. The molecule has 2 aromatic carbocycles. The van der Waals surface area contributed by atoms with Crippen molar-refractivity contribution >= 4 is 46.4 Å². The Morgan fingerprint density at radius 2 is 1.73 bits per heavy atom. The van der Waals surface area contributed by atoms with Crippen molar-refractivity contribution in [3.63, 3.8) is 0 Å². The van der Waals surface area contributed by atoms with E-state index in [1.54, 1.807) is 53.5 Å². The van der Waals surface area contributed by atoms with E-state index >= 15 is 0 Å². The molecule has 2 heterocycles. The molecular weight excluding hydrogens is 485 g/mol. The minimum absolute atomic E-state index is 0.214. The van der Waals surface area contributed by atoms with Crippen LogP contribution in [0.3, 0.4) is 0 Å². The molecule has 0 saturated carbocycles. The summed E-state index contributed by atoms with van der Waals surface area (Å²) in [5.41, 5.74) is 1.10. The van der Waals surface area contributed by atoms with E-state index in [-0.39, 0.29) is 17.9 Å². The van der Waals surface area contributed by atoms with Gasteiger partial charge in [0, 0.05) is 20.5 Å². The fourth-order valence-corrected chi connectivity index (χ4v) is 4.39. The van der Waals surface area contributed by atoms with Crippen LogP contribution < -0.4 is 4.74 Å². The van der Waals surface area contributed by atoms with E-state index in [1.807, 2.05) is 20.8 Å². The molecule has 172 valence electrons. The van der Waals surface area contributed by atoms with E-state index in [1.165, 1.54) is 11.3 Å². The van der Waals surface area contributed by atoms with Crippen molar-refractivity contribution in [3.8, 4) is 5.75 Å². The molecule has 4 rings (SSSR count). The molecule has 0 spiro atoms. The van der Waals surface area contributed by atoms with E-state index in [9.17, 15) is 4.79 Å². The van der Waals surface area contributed by atoms with Crippen molar-refractivity contribution in [1.82, 2.24) is 19.8 Å². The second-order valence-electron chi connectivity index (χ2n) is 8.65. The van der Waals surface area contributed by atoms with Crippen molar-refractivity contribution < 1.29 is 9.53 Å². The molecule has 3 aromatic rings. The van der Waals surface area contributed by atoms with Crippen LogP contribution in [-0.4, -0.2) is 38.0 Å². The van der Waals surface area contributed by atoms with Crippen molar-refractivity contribution in [1.29, 1.82) is 0 Å². The SMILES string of the molecule is CC(C)(C)C1=NN(C(=O)COc2ccc(Cl)cc2)C(c2ccc(Cl)cc2Cl)C1n1cncn1. The number of halogens is 3.